The van der Waals surface area contributed by atoms with E-state index in [4.69, 9.17) is 17.8 Å². The summed E-state index contributed by atoms with van der Waals surface area (Å²) in [6, 6.07) is 4.04. The lowest BCUT2D eigenvalue weighted by Gasteiger charge is -2.33. The van der Waals surface area contributed by atoms with E-state index < -0.39 is 0 Å². The number of anilines is 1. The minimum Gasteiger partial charge on any atom is -0.396 e. The molecule has 1 aromatic carbocycles. The zero-order valence-corrected chi connectivity index (χ0v) is 18.1. The van der Waals surface area contributed by atoms with Crippen LogP contribution in [0.1, 0.15) is 41.1 Å². The highest BCUT2D eigenvalue weighted by Gasteiger charge is 2.26. The Kier molecular flexibility index (Phi) is 5.15. The number of aromatic nitrogens is 3. The number of piperidine rings is 1. The number of hydrogen-bond donors (Lipinski definition) is 1. The number of hydrogen-bond acceptors (Lipinski definition) is 4. The largest absolute Gasteiger partial charge is 0.396 e. The van der Waals surface area contributed by atoms with Gasteiger partial charge in [0.15, 0.2) is 5.65 Å². The fraction of sp³-hybridized carbons (Fsp3) is 0.478. The zero-order valence-electron chi connectivity index (χ0n) is 18.1. The van der Waals surface area contributed by atoms with Crippen molar-refractivity contribution in [3.63, 3.8) is 0 Å². The van der Waals surface area contributed by atoms with Crippen molar-refractivity contribution in [2.45, 2.75) is 47.5 Å². The molecule has 0 aliphatic carbocycles. The molecule has 0 spiro atoms. The second-order valence-corrected chi connectivity index (χ2v) is 8.48. The molecular weight excluding hydrogens is 359 g/mol. The minimum absolute atomic E-state index is 0.229. The van der Waals surface area contributed by atoms with Crippen molar-refractivity contribution in [1.29, 1.82) is 0 Å². The van der Waals surface area contributed by atoms with Gasteiger partial charge >= 0.3 is 0 Å². The Labute approximate surface area is 174 Å². The van der Waals surface area contributed by atoms with Gasteiger partial charge in [-0.05, 0) is 70.1 Å². The van der Waals surface area contributed by atoms with Crippen molar-refractivity contribution in [1.82, 2.24) is 14.5 Å². The number of benzene rings is 1. The van der Waals surface area contributed by atoms with Crippen LogP contribution in [0.25, 0.3) is 16.7 Å². The van der Waals surface area contributed by atoms with Crippen molar-refractivity contribution in [2.75, 3.05) is 24.6 Å². The Morgan fingerprint density at radius 3 is 2.45 bits per heavy atom. The number of aryl methyl sites for hydroxylation is 4. The molecule has 6 heteroatoms. The fourth-order valence-corrected chi connectivity index (χ4v) is 4.80. The molecule has 1 fully saturated rings. The number of aliphatic hydroxyl groups excluding tert-OH is 1. The predicted octanol–water partition coefficient (Wildman–Crippen LogP) is 2.97. The molecule has 150 valence electrons. The summed E-state index contributed by atoms with van der Waals surface area (Å²) in [4.78, 5) is 12.1. The normalized spacial score (nSPS) is 17.3. The van der Waals surface area contributed by atoms with Crippen LogP contribution >= 0.6 is 0 Å². The maximum atomic E-state index is 9.68. The van der Waals surface area contributed by atoms with Gasteiger partial charge in [-0.1, -0.05) is 17.6 Å². The smallest absolute Gasteiger partial charge is 0.150 e. The van der Waals surface area contributed by atoms with Gasteiger partial charge in [-0.15, -0.1) is 0 Å². The van der Waals surface area contributed by atoms with Gasteiger partial charge in [0, 0.05) is 25.4 Å². The quantitative estimate of drug-likeness (QED) is 0.701. The molecule has 2 aromatic heterocycles. The first-order valence-electron chi connectivity index (χ1n) is 10.4. The topological polar surface area (TPSA) is 54.2 Å². The van der Waals surface area contributed by atoms with E-state index in [9.17, 15) is 5.11 Å². The lowest BCUT2D eigenvalue weighted by molar-refractivity contribution is 0.208. The van der Waals surface area contributed by atoms with E-state index in [1.165, 1.54) is 11.3 Å². The summed E-state index contributed by atoms with van der Waals surface area (Å²) in [6.45, 7) is 12.5. The van der Waals surface area contributed by atoms with Crippen molar-refractivity contribution >= 4 is 30.2 Å². The third-order valence-corrected chi connectivity index (χ3v) is 6.26. The first-order valence-corrected chi connectivity index (χ1v) is 10.4. The maximum absolute atomic E-state index is 9.68. The second kappa shape index (κ2) is 7.49. The number of aliphatic hydroxyl groups is 1. The van der Waals surface area contributed by atoms with Gasteiger partial charge < -0.3 is 10.0 Å². The lowest BCUT2D eigenvalue weighted by Crippen LogP contribution is -2.37. The van der Waals surface area contributed by atoms with Gasteiger partial charge in [-0.2, -0.15) is 0 Å². The Morgan fingerprint density at radius 1 is 1.10 bits per heavy atom. The summed E-state index contributed by atoms with van der Waals surface area (Å²) in [5.41, 5.74) is 7.53. The van der Waals surface area contributed by atoms with E-state index in [0.717, 1.165) is 70.9 Å². The van der Waals surface area contributed by atoms with E-state index in [1.807, 2.05) is 19.1 Å². The molecule has 29 heavy (non-hydrogen) atoms. The third-order valence-electron chi connectivity index (χ3n) is 6.26. The molecule has 1 N–H and O–H groups in total. The van der Waals surface area contributed by atoms with Crippen LogP contribution in [-0.4, -0.2) is 47.2 Å². The van der Waals surface area contributed by atoms with Crippen LogP contribution < -0.4 is 10.4 Å². The van der Waals surface area contributed by atoms with Crippen LogP contribution in [-0.2, 0) is 0 Å². The Balaban J connectivity index is 1.98. The Bertz CT molecular complexity index is 1070. The molecule has 1 aliphatic rings. The highest BCUT2D eigenvalue weighted by molar-refractivity contribution is 6.32. The number of fused-ring (bicyclic) bond motifs is 1. The van der Waals surface area contributed by atoms with Crippen LogP contribution in [0.5, 0.6) is 0 Å². The van der Waals surface area contributed by atoms with Crippen molar-refractivity contribution in [3.05, 3.63) is 40.3 Å². The molecular formula is C23H29BN4O. The molecule has 3 heterocycles. The Morgan fingerprint density at radius 2 is 1.79 bits per heavy atom. The fourth-order valence-electron chi connectivity index (χ4n) is 4.80. The average molecular weight is 388 g/mol. The number of nitrogens with zero attached hydrogens (tertiary/aromatic N) is 4. The zero-order chi connectivity index (χ0) is 20.9. The molecule has 0 bridgehead atoms. The molecule has 1 saturated heterocycles. The van der Waals surface area contributed by atoms with E-state index in [2.05, 4.69) is 37.2 Å². The lowest BCUT2D eigenvalue weighted by atomic mass is 9.91. The summed E-state index contributed by atoms with van der Waals surface area (Å²) in [6.07, 6.45) is 2.15. The molecule has 5 nitrogen and oxygen atoms in total. The molecule has 1 atom stereocenters. The van der Waals surface area contributed by atoms with Gasteiger partial charge in [-0.25, -0.2) is 9.97 Å². The van der Waals surface area contributed by atoms with Gasteiger partial charge in [0.1, 0.15) is 19.5 Å². The monoisotopic (exact) mass is 388 g/mol. The summed E-state index contributed by atoms with van der Waals surface area (Å²) in [5, 5.41) is 10.8. The molecule has 1 unspecified atom stereocenters. The van der Waals surface area contributed by atoms with Crippen LogP contribution in [0, 0.1) is 40.5 Å². The number of rotatable bonds is 3. The van der Waals surface area contributed by atoms with E-state index in [-0.39, 0.29) is 6.61 Å². The standard InChI is InChI=1S/C23H29BN4O/c1-13-9-19(24)10-14(2)21(13)28-16(4)15(3)20-22(25-17(5)26-23(20)28)27-8-6-7-18(11-27)12-29/h9-10,18,29H,6-8,11-12H2,1-5H3. The SMILES string of the molecule is [B]c1cc(C)c(-n2c(C)c(C)c3c(N4CCCC(CO)C4)nc(C)nc32)c(C)c1. The molecule has 0 amide bonds. The van der Waals surface area contributed by atoms with Crippen molar-refractivity contribution in [3.8, 4) is 5.69 Å². The average Bonchev–Trinajstić information content (AvgIpc) is 2.91. The van der Waals surface area contributed by atoms with E-state index in [1.54, 1.807) is 0 Å². The minimum atomic E-state index is 0.229. The van der Waals surface area contributed by atoms with Crippen molar-refractivity contribution in [2.24, 2.45) is 5.92 Å². The molecule has 3 aromatic rings. The maximum Gasteiger partial charge on any atom is 0.150 e. The van der Waals surface area contributed by atoms with Crippen LogP contribution in [0.3, 0.4) is 0 Å². The molecule has 2 radical (unpaired) electrons. The summed E-state index contributed by atoms with van der Waals surface area (Å²) in [7, 11) is 6.07. The first kappa shape index (κ1) is 20.0. The van der Waals surface area contributed by atoms with Gasteiger partial charge in [0.2, 0.25) is 0 Å². The highest BCUT2D eigenvalue weighted by atomic mass is 16.3. The molecule has 1 aliphatic heterocycles. The summed E-state index contributed by atoms with van der Waals surface area (Å²) < 4.78 is 2.26. The Hall–Kier alpha value is -2.34. The van der Waals surface area contributed by atoms with E-state index in [0.29, 0.717) is 5.92 Å². The van der Waals surface area contributed by atoms with Gasteiger partial charge in [0.05, 0.1) is 11.1 Å². The second-order valence-electron chi connectivity index (χ2n) is 8.48. The highest BCUT2D eigenvalue weighted by Crippen LogP contribution is 2.36. The first-order chi connectivity index (χ1) is 13.8. The molecule has 0 saturated carbocycles. The summed E-state index contributed by atoms with van der Waals surface area (Å²) >= 11 is 0. The van der Waals surface area contributed by atoms with Gasteiger partial charge in [0.25, 0.3) is 0 Å². The van der Waals surface area contributed by atoms with E-state index >= 15 is 0 Å². The van der Waals surface area contributed by atoms with Crippen LogP contribution in [0.15, 0.2) is 12.1 Å². The molecule has 4 rings (SSSR count). The van der Waals surface area contributed by atoms with Crippen LogP contribution in [0.2, 0.25) is 0 Å². The predicted molar refractivity (Wildman–Crippen MR) is 120 cm³/mol. The van der Waals surface area contributed by atoms with Gasteiger partial charge in [-0.3, -0.25) is 4.57 Å². The summed E-state index contributed by atoms with van der Waals surface area (Å²) in [5.74, 6) is 2.07. The van der Waals surface area contributed by atoms with Crippen LogP contribution in [0.4, 0.5) is 5.82 Å². The van der Waals surface area contributed by atoms with Crippen molar-refractivity contribution < 1.29 is 5.11 Å². The third kappa shape index (κ3) is 3.33.